The second-order valence-electron chi connectivity index (χ2n) is 1.97. The maximum atomic E-state index is 7.96. The van der Waals surface area contributed by atoms with E-state index in [-0.39, 0.29) is 9.37 Å². The summed E-state index contributed by atoms with van der Waals surface area (Å²) in [4.78, 5) is 0.0624. The lowest BCUT2D eigenvalue weighted by Crippen LogP contribution is -2.17. The van der Waals surface area contributed by atoms with Gasteiger partial charge in [0.25, 0.3) is 0 Å². The first-order chi connectivity index (χ1) is 10.5. The van der Waals surface area contributed by atoms with Crippen LogP contribution in [0.25, 0.3) is 0 Å². The predicted octanol–water partition coefficient (Wildman–Crippen LogP) is 3.05. The standard InChI is InChI=1S/C10H12BrN/c11-9-4-3-5-10(8-9)12-6-1-2-7-12/h3-5,8H,1-2,6-7H2/i1D2,2D2,3D,4D,5D,6D2,7D2,8D. The van der Waals surface area contributed by atoms with Crippen molar-refractivity contribution in [3.05, 3.63) is 28.6 Å². The molecule has 1 aliphatic heterocycles. The highest BCUT2D eigenvalue weighted by atomic mass is 79.9. The Morgan fingerprint density at radius 2 is 2.17 bits per heavy atom. The topological polar surface area (TPSA) is 3.24 Å². The third-order valence-corrected chi connectivity index (χ3v) is 1.60. The molecule has 0 spiro atoms. The molecule has 1 aromatic rings. The molecule has 0 saturated carbocycles. The van der Waals surface area contributed by atoms with Crippen LogP contribution in [-0.4, -0.2) is 13.0 Å². The molecule has 0 aromatic heterocycles. The van der Waals surface area contributed by atoms with Crippen LogP contribution in [-0.2, 0) is 0 Å². The molecule has 0 atom stereocenters. The van der Waals surface area contributed by atoms with Gasteiger partial charge in [0.05, 0.1) is 5.48 Å². The molecule has 0 amide bonds. The van der Waals surface area contributed by atoms with Crippen LogP contribution in [0.3, 0.4) is 0 Å². The Hall–Kier alpha value is -0.500. The molecule has 0 unspecified atom stereocenters. The van der Waals surface area contributed by atoms with Gasteiger partial charge in [-0.25, -0.2) is 0 Å². The van der Waals surface area contributed by atoms with E-state index in [9.17, 15) is 0 Å². The van der Waals surface area contributed by atoms with Gasteiger partial charge in [0.2, 0.25) is 0 Å². The highest BCUT2D eigenvalue weighted by Gasteiger charge is 2.11. The van der Waals surface area contributed by atoms with Crippen molar-refractivity contribution >= 4 is 21.6 Å². The Kier molecular flexibility index (Phi) is 0.613. The molecule has 0 bridgehead atoms. The zero-order chi connectivity index (χ0) is 19.0. The zero-order valence-electron chi connectivity index (χ0n) is 17.8. The molecule has 1 fully saturated rings. The Balaban J connectivity index is 2.92. The second kappa shape index (κ2) is 3.48. The van der Waals surface area contributed by atoms with Crippen molar-refractivity contribution in [2.75, 3.05) is 17.9 Å². The second-order valence-corrected chi connectivity index (χ2v) is 2.76. The average molecular weight is 238 g/mol. The number of hydrogen-bond donors (Lipinski definition) is 0. The third kappa shape index (κ3) is 1.63. The molecule has 64 valence electrons. The van der Waals surface area contributed by atoms with Gasteiger partial charge >= 0.3 is 0 Å². The van der Waals surface area contributed by atoms with E-state index in [4.69, 9.17) is 16.4 Å². The lowest BCUT2D eigenvalue weighted by molar-refractivity contribution is 0.949. The van der Waals surface area contributed by atoms with Gasteiger partial charge in [-0.2, -0.15) is 0 Å². The van der Waals surface area contributed by atoms with Gasteiger partial charge < -0.3 is 4.90 Å². The minimum absolute atomic E-state index is 0.0624. The lowest BCUT2D eigenvalue weighted by Gasteiger charge is -2.17. The summed E-state index contributed by atoms with van der Waals surface area (Å²) in [6.45, 7) is -6.50. The summed E-state index contributed by atoms with van der Waals surface area (Å²) >= 11 is 2.86. The van der Waals surface area contributed by atoms with Crippen molar-refractivity contribution in [3.63, 3.8) is 0 Å². The summed E-state index contributed by atoms with van der Waals surface area (Å²) in [6.07, 6.45) is -6.62. The molecule has 1 heterocycles. The van der Waals surface area contributed by atoms with Crippen molar-refractivity contribution in [1.29, 1.82) is 0 Å². The van der Waals surface area contributed by atoms with Crippen LogP contribution < -0.4 is 4.90 Å². The molecule has 1 aromatic carbocycles. The lowest BCUT2D eigenvalue weighted by atomic mass is 10.3. The van der Waals surface area contributed by atoms with E-state index in [0.717, 1.165) is 0 Å². The third-order valence-electron chi connectivity index (χ3n) is 1.20. The molecule has 2 rings (SSSR count). The molecule has 0 N–H and O–H groups in total. The first kappa shape index (κ1) is 2.11. The summed E-state index contributed by atoms with van der Waals surface area (Å²) in [5.41, 5.74) is -0.789. The van der Waals surface area contributed by atoms with E-state index in [1.54, 1.807) is 0 Å². The van der Waals surface area contributed by atoms with Crippen LogP contribution >= 0.6 is 15.9 Å². The zero-order valence-corrected chi connectivity index (χ0v) is 7.41. The van der Waals surface area contributed by atoms with Crippen LogP contribution in [0.15, 0.2) is 28.6 Å². The number of anilines is 1. The molecule has 1 aliphatic rings. The van der Waals surface area contributed by atoms with Gasteiger partial charge in [-0.3, -0.25) is 0 Å². The summed E-state index contributed by atoms with van der Waals surface area (Å²) < 4.78 is 93.5. The smallest absolute Gasteiger partial charge is 0.0657 e. The molecule has 0 radical (unpaired) electrons. The van der Waals surface area contributed by atoms with E-state index in [1.807, 2.05) is 0 Å². The minimum Gasteiger partial charge on any atom is -0.372 e. The van der Waals surface area contributed by atoms with Crippen molar-refractivity contribution < 1.29 is 16.4 Å². The Labute approximate surface area is 98.4 Å². The first-order valence-electron chi connectivity index (χ1n) is 9.11. The van der Waals surface area contributed by atoms with Crippen LogP contribution in [0, 0.1) is 0 Å². The van der Waals surface area contributed by atoms with Crippen molar-refractivity contribution in [1.82, 2.24) is 0 Å². The van der Waals surface area contributed by atoms with Crippen molar-refractivity contribution in [2.45, 2.75) is 12.7 Å². The fraction of sp³-hybridized carbons (Fsp3) is 0.400. The Morgan fingerprint density at radius 3 is 2.92 bits per heavy atom. The van der Waals surface area contributed by atoms with Gasteiger partial charge in [0, 0.05) is 34.1 Å². The fourth-order valence-corrected chi connectivity index (χ4v) is 1.02. The molecule has 12 heavy (non-hydrogen) atoms. The van der Waals surface area contributed by atoms with Gasteiger partial charge in [-0.05, 0) is 30.9 Å². The van der Waals surface area contributed by atoms with E-state index in [0.29, 0.717) is 0 Å². The predicted molar refractivity (Wildman–Crippen MR) is 55.6 cm³/mol. The highest BCUT2D eigenvalue weighted by Crippen LogP contribution is 2.23. The van der Waals surface area contributed by atoms with Crippen LogP contribution in [0.5, 0.6) is 0 Å². The Bertz CT molecular complexity index is 659. The SMILES string of the molecule is [2H]c1c([2H])c(Br)c([2H])c(N2C([2H])([2H])C([2H])([2H])C([2H])([2H])C2([2H])[2H])c1[2H]. The largest absolute Gasteiger partial charge is 0.372 e. The molecule has 1 nitrogen and oxygen atoms in total. The molecule has 1 saturated heterocycles. The van der Waals surface area contributed by atoms with Crippen LogP contribution in [0.4, 0.5) is 5.69 Å². The number of nitrogens with zero attached hydrogens (tertiary/aromatic N) is 1. The highest BCUT2D eigenvalue weighted by molar-refractivity contribution is 9.10. The van der Waals surface area contributed by atoms with Crippen molar-refractivity contribution in [3.8, 4) is 0 Å². The van der Waals surface area contributed by atoms with Crippen LogP contribution in [0.2, 0.25) is 0 Å². The number of benzene rings is 1. The number of rotatable bonds is 1. The van der Waals surface area contributed by atoms with E-state index in [2.05, 4.69) is 15.9 Å². The Morgan fingerprint density at radius 1 is 1.42 bits per heavy atom. The average Bonchev–Trinajstić information content (AvgIpc) is 2.52. The van der Waals surface area contributed by atoms with Gasteiger partial charge in [-0.15, -0.1) is 0 Å². The van der Waals surface area contributed by atoms with Gasteiger partial charge in [0.1, 0.15) is 0 Å². The number of halogens is 1. The monoisotopic (exact) mass is 237 g/mol. The number of hydrogen-bond acceptors (Lipinski definition) is 1. The van der Waals surface area contributed by atoms with Gasteiger partial charge in [0.15, 0.2) is 0 Å². The quantitative estimate of drug-likeness (QED) is 0.726. The molecule has 2 heteroatoms. The minimum atomic E-state index is -3.31. The maximum Gasteiger partial charge on any atom is 0.0657 e. The van der Waals surface area contributed by atoms with E-state index < -0.39 is 55.6 Å². The van der Waals surface area contributed by atoms with E-state index >= 15 is 0 Å². The molecular formula is C10H12BrN. The van der Waals surface area contributed by atoms with Gasteiger partial charge in [-0.1, -0.05) is 22.0 Å². The van der Waals surface area contributed by atoms with E-state index in [1.165, 1.54) is 0 Å². The summed E-state index contributed by atoms with van der Waals surface area (Å²) in [7, 11) is 0. The first-order valence-corrected chi connectivity index (χ1v) is 3.90. The van der Waals surface area contributed by atoms with Crippen LogP contribution in [0.1, 0.15) is 29.2 Å². The molecular weight excluding hydrogens is 214 g/mol. The van der Waals surface area contributed by atoms with Crippen molar-refractivity contribution in [2.24, 2.45) is 0 Å². The maximum absolute atomic E-state index is 7.96. The normalized spacial score (nSPS) is 48.2. The summed E-state index contributed by atoms with van der Waals surface area (Å²) in [6, 6.07) is -2.79. The fourth-order valence-electron chi connectivity index (χ4n) is 0.731. The summed E-state index contributed by atoms with van der Waals surface area (Å²) in [5.74, 6) is 0. The molecule has 0 aliphatic carbocycles. The summed E-state index contributed by atoms with van der Waals surface area (Å²) in [5, 5.41) is 0.